The minimum absolute atomic E-state index is 0.00366. The third kappa shape index (κ3) is 74.6. The molecule has 0 spiro atoms. The van der Waals surface area contributed by atoms with Crippen molar-refractivity contribution >= 4 is 0 Å². The van der Waals surface area contributed by atoms with E-state index in [0.29, 0.717) is 69.9 Å². The lowest BCUT2D eigenvalue weighted by molar-refractivity contribution is -0.0698. The van der Waals surface area contributed by atoms with Gasteiger partial charge in [0.25, 0.3) is 0 Å². The molecule has 0 saturated heterocycles. The summed E-state index contributed by atoms with van der Waals surface area (Å²) in [6.07, 6.45) is 27.8. The maximum absolute atomic E-state index is 5.70. The van der Waals surface area contributed by atoms with Crippen LogP contribution in [0.2, 0.25) is 0 Å². The van der Waals surface area contributed by atoms with Crippen molar-refractivity contribution in [2.45, 2.75) is 380 Å². The van der Waals surface area contributed by atoms with Crippen molar-refractivity contribution in [3.05, 3.63) is 0 Å². The molecular formula is C78H170O9. The maximum Gasteiger partial charge on any atom is 0.0602 e. The van der Waals surface area contributed by atoms with Gasteiger partial charge >= 0.3 is 0 Å². The highest BCUT2D eigenvalue weighted by atomic mass is 16.5. The summed E-state index contributed by atoms with van der Waals surface area (Å²) in [7, 11) is 3.67. The van der Waals surface area contributed by atoms with Crippen LogP contribution in [0, 0.1) is 51.2 Å². The first-order valence-electron chi connectivity index (χ1n) is 36.7. The van der Waals surface area contributed by atoms with Crippen molar-refractivity contribution in [1.29, 1.82) is 0 Å². The summed E-state index contributed by atoms with van der Waals surface area (Å²) in [4.78, 5) is 0. The molecule has 4 unspecified atom stereocenters. The third-order valence-corrected chi connectivity index (χ3v) is 17.3. The molecule has 0 aromatic heterocycles. The molecule has 0 radical (unpaired) electrons. The SMILES string of the molecule is CC(C)C(C)OC(C)(C)C.CC(C)OC(C)C(C)C.CCOCC(C)(C)C.CCOCC(C)(C)CC.CCOCC(C)(CC)CC.CCOCC(C)C.CCOCC(CC)(CC)CC.COC(C)C1CCCCCC1.COC(C)C1CCCCCCC1. The van der Waals surface area contributed by atoms with Crippen LogP contribution < -0.4 is 0 Å². The van der Waals surface area contributed by atoms with Gasteiger partial charge in [-0.3, -0.25) is 0 Å². The van der Waals surface area contributed by atoms with Crippen molar-refractivity contribution in [3.8, 4) is 0 Å². The van der Waals surface area contributed by atoms with Crippen molar-refractivity contribution in [2.24, 2.45) is 51.2 Å². The zero-order chi connectivity index (χ0) is 69.1. The molecule has 0 bridgehead atoms. The largest absolute Gasteiger partial charge is 0.381 e. The molecule has 2 rings (SSSR count). The van der Waals surface area contributed by atoms with Crippen molar-refractivity contribution in [1.82, 2.24) is 0 Å². The Morgan fingerprint density at radius 1 is 0.368 bits per heavy atom. The van der Waals surface area contributed by atoms with E-state index < -0.39 is 0 Å². The van der Waals surface area contributed by atoms with Crippen LogP contribution in [-0.4, -0.2) is 116 Å². The predicted molar refractivity (Wildman–Crippen MR) is 388 cm³/mol. The second kappa shape index (κ2) is 64.4. The average Bonchev–Trinajstić information content (AvgIpc) is 3.91. The summed E-state index contributed by atoms with van der Waals surface area (Å²) in [5.74, 6) is 3.59. The highest BCUT2D eigenvalue weighted by molar-refractivity contribution is 4.75. The van der Waals surface area contributed by atoms with E-state index in [1.54, 1.807) is 0 Å². The van der Waals surface area contributed by atoms with Gasteiger partial charge in [-0.15, -0.1) is 0 Å². The molecule has 0 aliphatic heterocycles. The summed E-state index contributed by atoms with van der Waals surface area (Å²) in [5.41, 5.74) is 1.57. The molecule has 0 aromatic carbocycles. The van der Waals surface area contributed by atoms with E-state index in [1.807, 2.05) is 41.9 Å². The van der Waals surface area contributed by atoms with E-state index in [9.17, 15) is 0 Å². The van der Waals surface area contributed by atoms with Crippen molar-refractivity contribution < 1.29 is 42.6 Å². The van der Waals surface area contributed by atoms with Crippen LogP contribution >= 0.6 is 0 Å². The van der Waals surface area contributed by atoms with E-state index in [-0.39, 0.29) is 5.60 Å². The number of hydrogen-bond donors (Lipinski definition) is 0. The number of hydrogen-bond acceptors (Lipinski definition) is 9. The van der Waals surface area contributed by atoms with Crippen LogP contribution in [0.3, 0.4) is 0 Å². The fourth-order valence-electron chi connectivity index (χ4n) is 8.82. The van der Waals surface area contributed by atoms with Gasteiger partial charge in [0.15, 0.2) is 0 Å². The molecule has 2 aliphatic rings. The molecule has 2 saturated carbocycles. The molecule has 536 valence electrons. The van der Waals surface area contributed by atoms with Gasteiger partial charge in [0.05, 0.1) is 62.5 Å². The molecule has 2 aliphatic carbocycles. The van der Waals surface area contributed by atoms with Crippen molar-refractivity contribution in [3.63, 3.8) is 0 Å². The van der Waals surface area contributed by atoms with Gasteiger partial charge < -0.3 is 42.6 Å². The summed E-state index contributed by atoms with van der Waals surface area (Å²) >= 11 is 0. The van der Waals surface area contributed by atoms with Gasteiger partial charge in [-0.1, -0.05) is 182 Å². The average molecular weight is 1250 g/mol. The second-order valence-electron chi connectivity index (χ2n) is 29.8. The summed E-state index contributed by atoms with van der Waals surface area (Å²) in [6, 6.07) is 0. The first kappa shape index (κ1) is 100. The van der Waals surface area contributed by atoms with Crippen LogP contribution in [0.25, 0.3) is 0 Å². The Balaban J connectivity index is -0.000000166. The maximum atomic E-state index is 5.70. The zero-order valence-corrected chi connectivity index (χ0v) is 66.5. The van der Waals surface area contributed by atoms with Crippen LogP contribution in [0.15, 0.2) is 0 Å². The molecule has 0 amide bonds. The lowest BCUT2D eigenvalue weighted by Crippen LogP contribution is -2.28. The Morgan fingerprint density at radius 2 is 0.701 bits per heavy atom. The molecule has 9 heteroatoms. The molecule has 2 fully saturated rings. The predicted octanol–water partition coefficient (Wildman–Crippen LogP) is 24.0. The van der Waals surface area contributed by atoms with Crippen molar-refractivity contribution in [2.75, 3.05) is 80.3 Å². The molecule has 4 atom stereocenters. The smallest absolute Gasteiger partial charge is 0.0602 e. The van der Waals surface area contributed by atoms with Crippen LogP contribution in [0.1, 0.15) is 344 Å². The fraction of sp³-hybridized carbons (Fsp3) is 1.00. The molecule has 0 N–H and O–H groups in total. The Bertz CT molecular complexity index is 1270. The first-order chi connectivity index (χ1) is 40.4. The van der Waals surface area contributed by atoms with Gasteiger partial charge in [-0.05, 0) is 212 Å². The normalized spacial score (nSPS) is 15.9. The van der Waals surface area contributed by atoms with Gasteiger partial charge in [0.2, 0.25) is 0 Å². The molecule has 0 heterocycles. The number of ether oxygens (including phenoxy) is 9. The van der Waals surface area contributed by atoms with Crippen LogP contribution in [0.4, 0.5) is 0 Å². The van der Waals surface area contributed by atoms with E-state index in [4.69, 9.17) is 42.6 Å². The van der Waals surface area contributed by atoms with Crippen LogP contribution in [-0.2, 0) is 42.6 Å². The Hall–Kier alpha value is -0.360. The second-order valence-corrected chi connectivity index (χ2v) is 29.8. The first-order valence-corrected chi connectivity index (χ1v) is 36.7. The Kier molecular flexibility index (Phi) is 74.1. The Morgan fingerprint density at radius 3 is 0.920 bits per heavy atom. The third-order valence-electron chi connectivity index (χ3n) is 17.3. The van der Waals surface area contributed by atoms with E-state index >= 15 is 0 Å². The number of rotatable bonds is 29. The summed E-state index contributed by atoms with van der Waals surface area (Å²) < 4.78 is 48.4. The summed E-state index contributed by atoms with van der Waals surface area (Å²) in [5, 5.41) is 0. The van der Waals surface area contributed by atoms with Gasteiger partial charge in [-0.2, -0.15) is 0 Å². The highest BCUT2D eigenvalue weighted by Gasteiger charge is 2.24. The standard InChI is InChI=1S/C11H22O.C10H20O.C10H22O.2C9H20O.2C8H18O.C7H16O.C6H14O/c1-10(12-2)11-8-6-4-3-5-7-9-11;1-9(11-2)10-7-5-3-4-6-8-10;1-5-10(6-2,7-3)9-11-8-4;1-7(2)8(3)10-9(4,5)6;1-5-9(4,6-2)8-10-7-3;1-6(2)8(5)9-7(3)4;1-5-8(3,4)7-9-6-2;1-5-8-6-7(2,3)4;1-4-7-5-6(2)3/h10-11H,3-9H2,1-2H3;9-10H,3-8H2,1-2H3;5-9H2,1-4H3;7-8H,1-6H3;5-8H2,1-4H3;6-8H,1-5H3;5-7H2,1-4H3;5-6H2,1-4H3;6H,4-5H2,1-3H3. The van der Waals surface area contributed by atoms with Gasteiger partial charge in [0, 0.05) is 53.9 Å². The van der Waals surface area contributed by atoms with E-state index in [2.05, 4.69) is 194 Å². The topological polar surface area (TPSA) is 83.1 Å². The van der Waals surface area contributed by atoms with Crippen LogP contribution in [0.5, 0.6) is 0 Å². The Labute approximate surface area is 551 Å². The highest BCUT2D eigenvalue weighted by Crippen LogP contribution is 2.31. The minimum Gasteiger partial charge on any atom is -0.381 e. The quantitative estimate of drug-likeness (QED) is 0.0680. The molecule has 87 heavy (non-hydrogen) atoms. The van der Waals surface area contributed by atoms with Gasteiger partial charge in [-0.25, -0.2) is 0 Å². The van der Waals surface area contributed by atoms with E-state index in [0.717, 1.165) is 77.9 Å². The zero-order valence-electron chi connectivity index (χ0n) is 66.5. The minimum atomic E-state index is 0.00366. The lowest BCUT2D eigenvalue weighted by Gasteiger charge is -2.29. The van der Waals surface area contributed by atoms with Gasteiger partial charge in [0.1, 0.15) is 0 Å². The fourth-order valence-corrected chi connectivity index (χ4v) is 8.82. The molecule has 0 aromatic rings. The lowest BCUT2D eigenvalue weighted by atomic mass is 9.81. The van der Waals surface area contributed by atoms with E-state index in [1.165, 1.54) is 122 Å². The molecular weight excluding hydrogens is 1080 g/mol. The molecule has 9 nitrogen and oxygen atoms in total. The monoisotopic (exact) mass is 1250 g/mol. The number of methoxy groups -OCH3 is 2. The summed E-state index contributed by atoms with van der Waals surface area (Å²) in [6.45, 7) is 77.6.